The molecule has 0 fully saturated rings. The molecule has 0 atom stereocenters. The number of hydrogen-bond acceptors (Lipinski definition) is 5. The van der Waals surface area contributed by atoms with Crippen LogP contribution in [0.5, 0.6) is 5.75 Å². The Kier molecular flexibility index (Phi) is 5.22. The standard InChI is InChI=1S/C21H19ClN4O3/c1-13-11-26(12-24-13)17-6-3-14(9-19(17)28-2)21(27)23-8-7-20-25-16-5-4-15(22)10-18(16)29-20/h3-6,9-12H,7-8H2,1-2H3,(H,23,27). The van der Waals surface area contributed by atoms with Crippen molar-refractivity contribution < 1.29 is 13.9 Å². The van der Waals surface area contributed by atoms with Gasteiger partial charge < -0.3 is 19.0 Å². The number of imidazole rings is 1. The van der Waals surface area contributed by atoms with E-state index >= 15 is 0 Å². The molecule has 0 saturated carbocycles. The molecule has 148 valence electrons. The van der Waals surface area contributed by atoms with Gasteiger partial charge in [0.25, 0.3) is 5.91 Å². The lowest BCUT2D eigenvalue weighted by Crippen LogP contribution is -2.25. The zero-order valence-electron chi connectivity index (χ0n) is 16.0. The van der Waals surface area contributed by atoms with Crippen molar-refractivity contribution in [1.82, 2.24) is 19.9 Å². The maximum absolute atomic E-state index is 12.5. The van der Waals surface area contributed by atoms with Gasteiger partial charge in [0.1, 0.15) is 11.3 Å². The average Bonchev–Trinajstić information content (AvgIpc) is 3.32. The van der Waals surface area contributed by atoms with Gasteiger partial charge in [-0.2, -0.15) is 0 Å². The molecule has 0 bridgehead atoms. The Morgan fingerprint density at radius 3 is 2.90 bits per heavy atom. The number of nitrogens with one attached hydrogen (secondary N) is 1. The summed E-state index contributed by atoms with van der Waals surface area (Å²) in [6.45, 7) is 2.31. The van der Waals surface area contributed by atoms with Crippen LogP contribution >= 0.6 is 11.6 Å². The summed E-state index contributed by atoms with van der Waals surface area (Å²) in [6.07, 6.45) is 4.08. The first kappa shape index (κ1) is 19.0. The van der Waals surface area contributed by atoms with Gasteiger partial charge in [-0.15, -0.1) is 0 Å². The van der Waals surface area contributed by atoms with E-state index in [2.05, 4.69) is 15.3 Å². The van der Waals surface area contributed by atoms with Gasteiger partial charge >= 0.3 is 0 Å². The summed E-state index contributed by atoms with van der Waals surface area (Å²) in [5.41, 5.74) is 3.59. The SMILES string of the molecule is COc1cc(C(=O)NCCc2nc3ccc(Cl)cc3o2)ccc1-n1cnc(C)c1. The molecule has 0 spiro atoms. The zero-order chi connectivity index (χ0) is 20.4. The second kappa shape index (κ2) is 7.97. The van der Waals surface area contributed by atoms with Gasteiger partial charge in [0.2, 0.25) is 0 Å². The highest BCUT2D eigenvalue weighted by molar-refractivity contribution is 6.31. The molecule has 0 saturated heterocycles. The van der Waals surface area contributed by atoms with Crippen LogP contribution < -0.4 is 10.1 Å². The molecule has 4 rings (SSSR count). The summed E-state index contributed by atoms with van der Waals surface area (Å²) in [4.78, 5) is 21.1. The van der Waals surface area contributed by atoms with Crippen LogP contribution in [0.4, 0.5) is 0 Å². The molecule has 29 heavy (non-hydrogen) atoms. The molecule has 2 aromatic carbocycles. The zero-order valence-corrected chi connectivity index (χ0v) is 16.7. The average molecular weight is 411 g/mol. The number of carbonyl (C=O) groups is 1. The van der Waals surface area contributed by atoms with Gasteiger partial charge in [-0.05, 0) is 37.3 Å². The first-order chi connectivity index (χ1) is 14.0. The van der Waals surface area contributed by atoms with Crippen LogP contribution in [0.2, 0.25) is 5.02 Å². The van der Waals surface area contributed by atoms with E-state index in [1.54, 1.807) is 43.8 Å². The van der Waals surface area contributed by atoms with Crippen molar-refractivity contribution in [1.29, 1.82) is 0 Å². The number of oxazole rings is 1. The Morgan fingerprint density at radius 2 is 2.14 bits per heavy atom. The monoisotopic (exact) mass is 410 g/mol. The predicted octanol–water partition coefficient (Wildman–Crippen LogP) is 3.96. The number of amides is 1. The molecule has 1 N–H and O–H groups in total. The minimum Gasteiger partial charge on any atom is -0.495 e. The third-order valence-electron chi connectivity index (χ3n) is 4.45. The molecular weight excluding hydrogens is 392 g/mol. The molecule has 4 aromatic rings. The highest BCUT2D eigenvalue weighted by Gasteiger charge is 2.12. The van der Waals surface area contributed by atoms with E-state index < -0.39 is 0 Å². The summed E-state index contributed by atoms with van der Waals surface area (Å²) in [5.74, 6) is 0.938. The van der Waals surface area contributed by atoms with E-state index in [0.717, 1.165) is 16.9 Å². The van der Waals surface area contributed by atoms with Gasteiger partial charge in [0.15, 0.2) is 11.5 Å². The molecule has 2 heterocycles. The van der Waals surface area contributed by atoms with E-state index in [0.29, 0.717) is 40.8 Å². The van der Waals surface area contributed by atoms with Crippen LogP contribution in [0.1, 0.15) is 21.9 Å². The second-order valence-electron chi connectivity index (χ2n) is 6.53. The predicted molar refractivity (Wildman–Crippen MR) is 110 cm³/mol. The van der Waals surface area contributed by atoms with Gasteiger partial charge in [-0.1, -0.05) is 11.6 Å². The Hall–Kier alpha value is -3.32. The fraction of sp³-hybridized carbons (Fsp3) is 0.190. The van der Waals surface area contributed by atoms with E-state index in [4.69, 9.17) is 20.8 Å². The number of nitrogens with zero attached hydrogens (tertiary/aromatic N) is 3. The van der Waals surface area contributed by atoms with Crippen molar-refractivity contribution in [3.63, 3.8) is 0 Å². The highest BCUT2D eigenvalue weighted by Crippen LogP contribution is 2.24. The third kappa shape index (κ3) is 4.09. The van der Waals surface area contributed by atoms with Crippen molar-refractivity contribution in [2.75, 3.05) is 13.7 Å². The Morgan fingerprint density at radius 1 is 1.28 bits per heavy atom. The van der Waals surface area contributed by atoms with Crippen LogP contribution in [0, 0.1) is 6.92 Å². The lowest BCUT2D eigenvalue weighted by molar-refractivity contribution is 0.0953. The molecule has 0 aliphatic heterocycles. The Labute approximate surface area is 172 Å². The molecule has 1 amide bonds. The molecule has 2 aromatic heterocycles. The molecule has 0 aliphatic rings. The fourth-order valence-corrected chi connectivity index (χ4v) is 3.19. The van der Waals surface area contributed by atoms with Crippen LogP contribution in [0.25, 0.3) is 16.8 Å². The smallest absolute Gasteiger partial charge is 0.251 e. The van der Waals surface area contributed by atoms with Crippen molar-refractivity contribution in [2.24, 2.45) is 0 Å². The molecular formula is C21H19ClN4O3. The molecule has 0 unspecified atom stereocenters. The van der Waals surface area contributed by atoms with E-state index in [1.165, 1.54) is 0 Å². The molecule has 0 radical (unpaired) electrons. The first-order valence-electron chi connectivity index (χ1n) is 9.05. The summed E-state index contributed by atoms with van der Waals surface area (Å²) in [6, 6.07) is 10.6. The summed E-state index contributed by atoms with van der Waals surface area (Å²) < 4.78 is 13.0. The number of carbonyl (C=O) groups excluding carboxylic acids is 1. The molecule has 0 aliphatic carbocycles. The summed E-state index contributed by atoms with van der Waals surface area (Å²) >= 11 is 5.96. The lowest BCUT2D eigenvalue weighted by atomic mass is 10.1. The number of aryl methyl sites for hydroxylation is 1. The number of rotatable bonds is 6. The second-order valence-corrected chi connectivity index (χ2v) is 6.97. The topological polar surface area (TPSA) is 82.2 Å². The van der Waals surface area contributed by atoms with E-state index in [1.807, 2.05) is 23.8 Å². The van der Waals surface area contributed by atoms with Crippen LogP contribution in [-0.2, 0) is 6.42 Å². The lowest BCUT2D eigenvalue weighted by Gasteiger charge is -2.11. The Bertz CT molecular complexity index is 1180. The van der Waals surface area contributed by atoms with Gasteiger partial charge in [-0.3, -0.25) is 4.79 Å². The normalized spacial score (nSPS) is 11.0. The van der Waals surface area contributed by atoms with Crippen molar-refractivity contribution in [3.8, 4) is 11.4 Å². The number of hydrogen-bond donors (Lipinski definition) is 1. The fourth-order valence-electron chi connectivity index (χ4n) is 3.02. The van der Waals surface area contributed by atoms with E-state index in [9.17, 15) is 4.79 Å². The Balaban J connectivity index is 1.42. The van der Waals surface area contributed by atoms with Crippen molar-refractivity contribution >= 4 is 28.6 Å². The van der Waals surface area contributed by atoms with Crippen molar-refractivity contribution in [2.45, 2.75) is 13.3 Å². The number of benzene rings is 2. The number of methoxy groups -OCH3 is 1. The first-order valence-corrected chi connectivity index (χ1v) is 9.43. The van der Waals surface area contributed by atoms with Crippen molar-refractivity contribution in [3.05, 3.63) is 71.1 Å². The maximum Gasteiger partial charge on any atom is 0.251 e. The van der Waals surface area contributed by atoms with Gasteiger partial charge in [0.05, 0.1) is 24.8 Å². The number of fused-ring (bicyclic) bond motifs is 1. The highest BCUT2D eigenvalue weighted by atomic mass is 35.5. The number of aromatic nitrogens is 3. The van der Waals surface area contributed by atoms with Crippen LogP contribution in [-0.4, -0.2) is 34.1 Å². The quantitative estimate of drug-likeness (QED) is 0.520. The largest absolute Gasteiger partial charge is 0.495 e. The summed E-state index contributed by atoms with van der Waals surface area (Å²) in [5, 5.41) is 3.47. The van der Waals surface area contributed by atoms with Crippen LogP contribution in [0.3, 0.4) is 0 Å². The number of ether oxygens (including phenoxy) is 1. The number of halogens is 1. The van der Waals surface area contributed by atoms with Gasteiger partial charge in [0, 0.05) is 35.8 Å². The van der Waals surface area contributed by atoms with Gasteiger partial charge in [-0.25, -0.2) is 9.97 Å². The molecule has 7 nitrogen and oxygen atoms in total. The molecule has 8 heteroatoms. The van der Waals surface area contributed by atoms with Crippen LogP contribution in [0.15, 0.2) is 53.3 Å². The van der Waals surface area contributed by atoms with E-state index in [-0.39, 0.29) is 5.91 Å². The minimum atomic E-state index is -0.198. The third-order valence-corrected chi connectivity index (χ3v) is 4.69. The summed E-state index contributed by atoms with van der Waals surface area (Å²) in [7, 11) is 1.57. The maximum atomic E-state index is 12.5. The minimum absolute atomic E-state index is 0.198.